The molecular formula is C64H52N8O6S2. The molecule has 80 heavy (non-hydrogen) atoms. The minimum atomic E-state index is -1.11. The minimum Gasteiger partial charge on any atom is -0.477 e. The smallest absolute Gasteiger partial charge is 0.355 e. The van der Waals surface area contributed by atoms with Gasteiger partial charge in [-0.1, -0.05) is 144 Å². The maximum absolute atomic E-state index is 14.2. The highest BCUT2D eigenvalue weighted by Crippen LogP contribution is 2.37. The molecular weight excluding hydrogens is 1040 g/mol. The first-order valence-corrected chi connectivity index (χ1v) is 28.1. The molecule has 0 saturated heterocycles. The van der Waals surface area contributed by atoms with Gasteiger partial charge in [-0.3, -0.25) is 20.2 Å². The Labute approximate surface area is 468 Å². The minimum absolute atomic E-state index is 0.0123. The fraction of sp³-hybridized carbons (Fsp3) is 0.156. The quantitative estimate of drug-likeness (QED) is 0.0717. The molecule has 396 valence electrons. The number of carboxylic acids is 2. The van der Waals surface area contributed by atoms with Gasteiger partial charge in [-0.05, 0) is 132 Å². The normalized spacial score (nSPS) is 13.1. The SMILES string of the molecule is O=C(Nc1nc2ccccc2s1)c1cccc2c1CN(c1ccc(CCCc3ccccc3-c3cccc4sc(NC(=O)c5cccc6c5CN(c5ccc(/C=C/Cc7ccccc7)c(C(=O)O)n5)CC6)nc34)c(C(=O)O)n1)CC2. The predicted molar refractivity (Wildman–Crippen MR) is 317 cm³/mol. The number of anilines is 4. The number of rotatable bonds is 16. The van der Waals surface area contributed by atoms with Gasteiger partial charge in [0, 0.05) is 48.4 Å². The molecule has 4 N–H and O–H groups in total. The fourth-order valence-electron chi connectivity index (χ4n) is 10.8. The molecule has 12 rings (SSSR count). The van der Waals surface area contributed by atoms with E-state index in [0.717, 1.165) is 64.9 Å². The van der Waals surface area contributed by atoms with E-state index >= 15 is 0 Å². The van der Waals surface area contributed by atoms with E-state index in [1.54, 1.807) is 12.1 Å². The lowest BCUT2D eigenvalue weighted by Gasteiger charge is -2.31. The predicted octanol–water partition coefficient (Wildman–Crippen LogP) is 12.8. The van der Waals surface area contributed by atoms with Crippen molar-refractivity contribution in [2.24, 2.45) is 0 Å². The van der Waals surface area contributed by atoms with Crippen molar-refractivity contribution in [1.29, 1.82) is 0 Å². The fourth-order valence-corrected chi connectivity index (χ4v) is 12.6. The van der Waals surface area contributed by atoms with Crippen molar-refractivity contribution in [3.8, 4) is 11.1 Å². The molecule has 2 aliphatic rings. The summed E-state index contributed by atoms with van der Waals surface area (Å²) >= 11 is 2.82. The topological polar surface area (TPSA) is 191 Å². The molecule has 0 spiro atoms. The number of aromatic nitrogens is 4. The third-order valence-corrected chi connectivity index (χ3v) is 16.7. The van der Waals surface area contributed by atoms with Gasteiger partial charge in [0.2, 0.25) is 0 Å². The first-order chi connectivity index (χ1) is 39.1. The van der Waals surface area contributed by atoms with E-state index in [9.17, 15) is 29.4 Å². The first kappa shape index (κ1) is 51.4. The molecule has 0 atom stereocenters. The Balaban J connectivity index is 0.715. The number of nitrogens with zero attached hydrogens (tertiary/aromatic N) is 6. The summed E-state index contributed by atoms with van der Waals surface area (Å²) in [5.41, 5.74) is 11.8. The monoisotopic (exact) mass is 1090 g/mol. The molecule has 16 heteroatoms. The molecule has 14 nitrogen and oxygen atoms in total. The number of amides is 2. The zero-order valence-corrected chi connectivity index (χ0v) is 44.9. The Morgan fingerprint density at radius 1 is 0.537 bits per heavy atom. The standard InChI is InChI=1S/C64H52N8O6S2/c73-59(69-63-65-51-26-6-7-27-52(51)79-63)47-24-10-18-41-33-35-71(37-49(41)47)55-32-30-44(57(67-55)62(77)78)21-9-17-40-16-4-5-22-45(40)46-23-12-28-53-58(46)68-64(80-53)70-60(74)48-25-11-19-42-34-36-72(38-50(42)48)54-31-29-43(56(66-54)61(75)76)20-8-15-39-13-2-1-3-14-39/h1-8,10-14,16,18-20,22-32H,9,15,17,21,33-38H2,(H,75,76)(H,77,78)(H,65,69,73)(H,68,70,74)/b20-8+. The highest BCUT2D eigenvalue weighted by molar-refractivity contribution is 7.22. The molecule has 0 aliphatic carbocycles. The highest BCUT2D eigenvalue weighted by Gasteiger charge is 2.27. The molecule has 10 aromatic rings. The second kappa shape index (κ2) is 22.5. The number of hydrogen-bond acceptors (Lipinski definition) is 12. The van der Waals surface area contributed by atoms with Crippen LogP contribution in [0, 0.1) is 0 Å². The summed E-state index contributed by atoms with van der Waals surface area (Å²) < 4.78 is 1.90. The number of carbonyl (C=O) groups is 4. The van der Waals surface area contributed by atoms with Crippen LogP contribution in [0.25, 0.3) is 37.6 Å². The number of thiazole rings is 2. The molecule has 0 bridgehead atoms. The molecule has 2 amide bonds. The van der Waals surface area contributed by atoms with E-state index in [0.29, 0.717) is 109 Å². The van der Waals surface area contributed by atoms with Crippen molar-refractivity contribution in [1.82, 2.24) is 19.9 Å². The highest BCUT2D eigenvalue weighted by atomic mass is 32.1. The van der Waals surface area contributed by atoms with E-state index in [2.05, 4.69) is 32.7 Å². The molecule has 0 saturated carbocycles. The number of nitrogens with one attached hydrogen (secondary N) is 2. The summed E-state index contributed by atoms with van der Waals surface area (Å²) in [4.78, 5) is 76.2. The second-order valence-corrected chi connectivity index (χ2v) is 21.9. The lowest BCUT2D eigenvalue weighted by molar-refractivity contribution is 0.0679. The van der Waals surface area contributed by atoms with Crippen LogP contribution in [-0.2, 0) is 45.2 Å². The number of carboxylic acid groups (broad SMARTS) is 2. The van der Waals surface area contributed by atoms with Gasteiger partial charge < -0.3 is 20.0 Å². The number of aryl methyl sites for hydroxylation is 2. The molecule has 6 heterocycles. The average molecular weight is 1090 g/mol. The molecule has 0 radical (unpaired) electrons. The maximum atomic E-state index is 14.2. The molecule has 0 fully saturated rings. The maximum Gasteiger partial charge on any atom is 0.355 e. The summed E-state index contributed by atoms with van der Waals surface area (Å²) in [5.74, 6) is -1.67. The lowest BCUT2D eigenvalue weighted by Crippen LogP contribution is -2.33. The van der Waals surface area contributed by atoms with Crippen LogP contribution in [-0.4, -0.2) is 67.0 Å². The van der Waals surface area contributed by atoms with E-state index in [-0.39, 0.29) is 23.2 Å². The lowest BCUT2D eigenvalue weighted by atomic mass is 9.94. The molecule has 6 aromatic carbocycles. The average Bonchev–Trinajstić information content (AvgIpc) is 4.14. The summed E-state index contributed by atoms with van der Waals surface area (Å²) in [6, 6.07) is 50.8. The number of allylic oxidation sites excluding steroid dienone is 1. The van der Waals surface area contributed by atoms with Gasteiger partial charge in [-0.15, -0.1) is 0 Å². The zero-order chi connectivity index (χ0) is 54.7. The summed E-state index contributed by atoms with van der Waals surface area (Å²) in [6.45, 7) is 2.00. The number of para-hydroxylation sites is 2. The van der Waals surface area contributed by atoms with Crippen LogP contribution in [0.4, 0.5) is 21.9 Å². The Bertz CT molecular complexity index is 4050. The number of fused-ring (bicyclic) bond motifs is 4. The Morgan fingerprint density at radius 2 is 1.11 bits per heavy atom. The third-order valence-electron chi connectivity index (χ3n) is 14.8. The van der Waals surface area contributed by atoms with Gasteiger partial charge in [0.1, 0.15) is 11.6 Å². The van der Waals surface area contributed by atoms with Crippen LogP contribution in [0.2, 0.25) is 0 Å². The first-order valence-electron chi connectivity index (χ1n) is 26.5. The van der Waals surface area contributed by atoms with Gasteiger partial charge in [0.15, 0.2) is 21.7 Å². The Morgan fingerprint density at radius 3 is 1.81 bits per heavy atom. The zero-order valence-electron chi connectivity index (χ0n) is 43.3. The molecule has 4 aromatic heterocycles. The van der Waals surface area contributed by atoms with Crippen LogP contribution in [0.15, 0.2) is 164 Å². The largest absolute Gasteiger partial charge is 0.477 e. The van der Waals surface area contributed by atoms with Gasteiger partial charge in [-0.2, -0.15) is 0 Å². The van der Waals surface area contributed by atoms with Crippen molar-refractivity contribution in [3.63, 3.8) is 0 Å². The van der Waals surface area contributed by atoms with Gasteiger partial charge in [-0.25, -0.2) is 29.5 Å². The summed E-state index contributed by atoms with van der Waals surface area (Å²) in [6.07, 6.45) is 7.53. The van der Waals surface area contributed by atoms with E-state index in [4.69, 9.17) is 9.97 Å². The number of benzene rings is 6. The van der Waals surface area contributed by atoms with Crippen molar-refractivity contribution in [3.05, 3.63) is 231 Å². The van der Waals surface area contributed by atoms with Crippen LogP contribution in [0.3, 0.4) is 0 Å². The van der Waals surface area contributed by atoms with Crippen LogP contribution in [0.5, 0.6) is 0 Å². The Kier molecular flexibility index (Phi) is 14.5. The van der Waals surface area contributed by atoms with Gasteiger partial charge in [0.25, 0.3) is 11.8 Å². The van der Waals surface area contributed by atoms with E-state index in [1.807, 2.05) is 155 Å². The van der Waals surface area contributed by atoms with Crippen molar-refractivity contribution in [2.45, 2.75) is 51.6 Å². The van der Waals surface area contributed by atoms with Gasteiger partial charge >= 0.3 is 11.9 Å². The molecule has 2 aliphatic heterocycles. The van der Waals surface area contributed by atoms with Crippen LogP contribution in [0.1, 0.15) is 92.6 Å². The molecule has 0 unspecified atom stereocenters. The summed E-state index contributed by atoms with van der Waals surface area (Å²) in [5, 5.41) is 27.7. The van der Waals surface area contributed by atoms with Crippen molar-refractivity contribution in [2.75, 3.05) is 33.5 Å². The van der Waals surface area contributed by atoms with Crippen molar-refractivity contribution < 1.29 is 29.4 Å². The number of carbonyl (C=O) groups excluding carboxylic acids is 2. The number of pyridine rings is 2. The van der Waals surface area contributed by atoms with E-state index < -0.39 is 11.9 Å². The number of hydrogen-bond donors (Lipinski definition) is 4. The second-order valence-electron chi connectivity index (χ2n) is 19.8. The number of aromatic carboxylic acids is 2. The van der Waals surface area contributed by atoms with Crippen molar-refractivity contribution >= 4 is 94.8 Å². The Hall–Kier alpha value is -9.38. The van der Waals surface area contributed by atoms with Crippen LogP contribution < -0.4 is 20.4 Å². The summed E-state index contributed by atoms with van der Waals surface area (Å²) in [7, 11) is 0. The van der Waals surface area contributed by atoms with Gasteiger partial charge in [0.05, 0.1) is 20.4 Å². The third kappa shape index (κ3) is 10.8. The van der Waals surface area contributed by atoms with E-state index in [1.165, 1.54) is 22.7 Å². The van der Waals surface area contributed by atoms with Crippen LogP contribution >= 0.6 is 22.7 Å².